The molecule has 72 heavy (non-hydrogen) atoms. The van der Waals surface area contributed by atoms with Gasteiger partial charge in [-0.15, -0.1) is 0 Å². The van der Waals surface area contributed by atoms with E-state index in [0.29, 0.717) is 17.4 Å². The number of hydrogen-bond donors (Lipinski definition) is 3. The molecule has 3 N–H and O–H groups in total. The third-order valence-electron chi connectivity index (χ3n) is 11.9. The normalized spacial score (nSPS) is 14.9. The molecule has 0 bridgehead atoms. The Morgan fingerprint density at radius 3 is 1.28 bits per heavy atom. The van der Waals surface area contributed by atoms with Crippen LogP contribution in [0.15, 0.2) is 134 Å². The van der Waals surface area contributed by atoms with Crippen molar-refractivity contribution < 1.29 is 32.9 Å². The number of hydrogen-bond acceptors (Lipinski definition) is 5. The Labute approximate surface area is 443 Å². The van der Waals surface area contributed by atoms with Gasteiger partial charge in [-0.3, -0.25) is 13.8 Å². The van der Waals surface area contributed by atoms with Crippen LogP contribution in [0, 0.1) is 0 Å². The van der Waals surface area contributed by atoms with Gasteiger partial charge in [0.1, 0.15) is 13.2 Å². The lowest BCUT2D eigenvalue weighted by Gasteiger charge is -2.25. The van der Waals surface area contributed by atoms with Crippen molar-refractivity contribution in [3.8, 4) is 0 Å². The Morgan fingerprint density at radius 1 is 0.486 bits per heavy atom. The van der Waals surface area contributed by atoms with Crippen molar-refractivity contribution in [2.24, 2.45) is 0 Å². The Bertz CT molecular complexity index is 1630. The first-order valence-electron chi connectivity index (χ1n) is 28.6. The Morgan fingerprint density at radius 2 is 0.847 bits per heavy atom. The highest BCUT2D eigenvalue weighted by Gasteiger charge is 2.27. The van der Waals surface area contributed by atoms with Crippen molar-refractivity contribution in [2.75, 3.05) is 40.9 Å². The van der Waals surface area contributed by atoms with E-state index in [4.69, 9.17) is 9.05 Å². The number of aliphatic hydroxyl groups is 1. The number of aliphatic hydroxyl groups excluding tert-OH is 1. The zero-order chi connectivity index (χ0) is 52.7. The number of nitrogens with one attached hydrogen (secondary N) is 1. The Hall–Kier alpha value is -3.36. The fourth-order valence-electron chi connectivity index (χ4n) is 7.40. The maximum atomic E-state index is 13.0. The van der Waals surface area contributed by atoms with Crippen LogP contribution in [-0.2, 0) is 18.4 Å². The first-order chi connectivity index (χ1) is 35.0. The van der Waals surface area contributed by atoms with E-state index >= 15 is 0 Å². The molecule has 410 valence electrons. The third kappa shape index (κ3) is 54.4. The van der Waals surface area contributed by atoms with Crippen LogP contribution in [0.5, 0.6) is 0 Å². The van der Waals surface area contributed by atoms with Gasteiger partial charge in [-0.25, -0.2) is 4.57 Å². The number of unbranched alkanes of at least 4 members (excludes halogenated alkanes) is 17. The highest BCUT2D eigenvalue weighted by Crippen LogP contribution is 2.43. The van der Waals surface area contributed by atoms with E-state index in [9.17, 15) is 19.4 Å². The van der Waals surface area contributed by atoms with Crippen LogP contribution in [0.4, 0.5) is 0 Å². The van der Waals surface area contributed by atoms with E-state index in [1.165, 1.54) is 77.0 Å². The van der Waals surface area contributed by atoms with E-state index in [1.54, 1.807) is 6.08 Å². The number of amides is 1. The lowest BCUT2D eigenvalue weighted by Crippen LogP contribution is -2.45. The molecule has 0 aliphatic carbocycles. The molecular weight excluding hydrogens is 912 g/mol. The number of quaternary nitrogens is 1. The Kier molecular flexibility index (Phi) is 50.1. The smallest absolute Gasteiger partial charge is 0.387 e. The number of carbonyl (C=O) groups is 1. The van der Waals surface area contributed by atoms with E-state index in [2.05, 4.69) is 141 Å². The predicted molar refractivity (Wildman–Crippen MR) is 313 cm³/mol. The predicted octanol–water partition coefficient (Wildman–Crippen LogP) is 17.5. The monoisotopic (exact) mass is 1020 g/mol. The number of allylic oxidation sites excluding steroid dienone is 21. The Balaban J connectivity index is 4.24. The molecule has 0 saturated carbocycles. The molecule has 0 heterocycles. The molecule has 0 radical (unpaired) electrons. The molecule has 3 unspecified atom stereocenters. The third-order valence-corrected chi connectivity index (χ3v) is 12.8. The maximum absolute atomic E-state index is 13.0. The summed E-state index contributed by atoms with van der Waals surface area (Å²) in [4.78, 5) is 23.3. The molecule has 0 aromatic heterocycles. The van der Waals surface area contributed by atoms with Gasteiger partial charge in [-0.05, 0) is 103 Å². The SMILES string of the molecule is CC/C=C\C/C=C\C/C=C\C/C=C\C/C=C\C/C=C\C/C=C\C/C=C\C/C=C\CCCCCCCCCC(=O)NC(COP(=O)(O)OCC[N+](C)(C)C)C(O)/C=C/CC/C=C/CCCCCCCCCCC. The second-order valence-electron chi connectivity index (χ2n) is 19.9. The van der Waals surface area contributed by atoms with Crippen molar-refractivity contribution in [3.05, 3.63) is 134 Å². The molecule has 3 atom stereocenters. The van der Waals surface area contributed by atoms with Gasteiger partial charge in [-0.2, -0.15) is 0 Å². The van der Waals surface area contributed by atoms with Crippen molar-refractivity contribution in [1.82, 2.24) is 5.32 Å². The van der Waals surface area contributed by atoms with Crippen LogP contribution in [0.2, 0.25) is 0 Å². The first-order valence-corrected chi connectivity index (χ1v) is 30.1. The van der Waals surface area contributed by atoms with Crippen LogP contribution in [0.25, 0.3) is 0 Å². The summed E-state index contributed by atoms with van der Waals surface area (Å²) < 4.78 is 23.6. The maximum Gasteiger partial charge on any atom is 0.472 e. The fraction of sp³-hybridized carbons (Fsp3) is 0.635. The first kappa shape index (κ1) is 68.6. The average molecular weight is 1020 g/mol. The van der Waals surface area contributed by atoms with Crippen LogP contribution in [0.3, 0.4) is 0 Å². The van der Waals surface area contributed by atoms with Crippen molar-refractivity contribution in [3.63, 3.8) is 0 Å². The molecule has 1 amide bonds. The fourth-order valence-corrected chi connectivity index (χ4v) is 8.14. The molecule has 9 heteroatoms. The number of phosphoric acid groups is 1. The molecule has 0 aliphatic heterocycles. The number of likely N-dealkylation sites (N-methyl/N-ethyl adjacent to an activating group) is 1. The topological polar surface area (TPSA) is 105 Å². The van der Waals surface area contributed by atoms with Crippen molar-refractivity contribution >= 4 is 13.7 Å². The van der Waals surface area contributed by atoms with Gasteiger partial charge in [0.15, 0.2) is 0 Å². The summed E-state index contributed by atoms with van der Waals surface area (Å²) in [5.41, 5.74) is 0. The summed E-state index contributed by atoms with van der Waals surface area (Å²) in [7, 11) is 1.53. The molecule has 8 nitrogen and oxygen atoms in total. The number of nitrogens with zero attached hydrogens (tertiary/aromatic N) is 1. The molecule has 0 spiro atoms. The van der Waals surface area contributed by atoms with Gasteiger partial charge in [0, 0.05) is 6.42 Å². The van der Waals surface area contributed by atoms with Crippen molar-refractivity contribution in [1.29, 1.82) is 0 Å². The van der Waals surface area contributed by atoms with Crippen LogP contribution in [-0.4, -0.2) is 73.4 Å². The van der Waals surface area contributed by atoms with Crippen LogP contribution in [0.1, 0.15) is 206 Å². The summed E-state index contributed by atoms with van der Waals surface area (Å²) in [6.07, 6.45) is 79.8. The molecule has 0 saturated heterocycles. The molecule has 0 rings (SSSR count). The molecule has 0 fully saturated rings. The highest BCUT2D eigenvalue weighted by molar-refractivity contribution is 7.47. The lowest BCUT2D eigenvalue weighted by molar-refractivity contribution is -0.870. The average Bonchev–Trinajstić information content (AvgIpc) is 3.34. The second-order valence-corrected chi connectivity index (χ2v) is 21.4. The minimum Gasteiger partial charge on any atom is -0.387 e. The van der Waals surface area contributed by atoms with Gasteiger partial charge in [-0.1, -0.05) is 231 Å². The zero-order valence-corrected chi connectivity index (χ0v) is 47.5. The summed E-state index contributed by atoms with van der Waals surface area (Å²) in [5.74, 6) is -0.204. The number of carbonyl (C=O) groups excluding carboxylic acids is 1. The van der Waals surface area contributed by atoms with Crippen molar-refractivity contribution in [2.45, 2.75) is 219 Å². The second kappa shape index (κ2) is 52.5. The minimum atomic E-state index is -4.36. The molecule has 0 aromatic carbocycles. The summed E-state index contributed by atoms with van der Waals surface area (Å²) in [5, 5.41) is 13.9. The lowest BCUT2D eigenvalue weighted by atomic mass is 10.1. The molecular formula is C63H108N2O6P+. The largest absolute Gasteiger partial charge is 0.472 e. The zero-order valence-electron chi connectivity index (χ0n) is 46.6. The van der Waals surface area contributed by atoms with Gasteiger partial charge in [0.05, 0.1) is 39.9 Å². The standard InChI is InChI=1S/C63H107N2O6P/c1-6-8-10-12-14-16-18-20-22-23-24-25-26-27-28-29-30-31-32-33-34-35-36-37-38-39-40-41-43-45-47-49-51-53-55-57-63(67)64-61(60-71-72(68,69)70-59-58-65(3,4)5)62(66)56-54-52-50-48-46-44-42-21-19-17-15-13-11-9-7-2/h8,10,14,16,20,22,24-25,27-28,30-31,33-34,36-37,39-40,46,48,54,56,61-62,66H,6-7,9,11-13,15,17-19,21,23,26,29,32,35,38,41-45,47,49-53,55,57-60H2,1-5H3,(H-,64,67,68,69)/p+1/b10-8-,16-14-,22-20-,25-24-,28-27-,31-30-,34-33-,37-36-,40-39-,48-46+,56-54+. The van der Waals surface area contributed by atoms with Crippen LogP contribution >= 0.6 is 7.82 Å². The van der Waals surface area contributed by atoms with Crippen LogP contribution < -0.4 is 5.32 Å². The van der Waals surface area contributed by atoms with Gasteiger partial charge in [0.2, 0.25) is 5.91 Å². The number of phosphoric ester groups is 1. The minimum absolute atomic E-state index is 0.0467. The van der Waals surface area contributed by atoms with E-state index in [-0.39, 0.29) is 19.1 Å². The van der Waals surface area contributed by atoms with Gasteiger partial charge < -0.3 is 19.8 Å². The van der Waals surface area contributed by atoms with E-state index in [0.717, 1.165) is 109 Å². The van der Waals surface area contributed by atoms with Gasteiger partial charge in [0.25, 0.3) is 0 Å². The quantitative estimate of drug-likeness (QED) is 0.0243. The van der Waals surface area contributed by atoms with E-state index in [1.807, 2.05) is 27.2 Å². The molecule has 0 aliphatic rings. The highest BCUT2D eigenvalue weighted by atomic mass is 31.2. The van der Waals surface area contributed by atoms with E-state index < -0.39 is 20.0 Å². The summed E-state index contributed by atoms with van der Waals surface area (Å²) in [6.45, 7) is 4.65. The summed E-state index contributed by atoms with van der Waals surface area (Å²) >= 11 is 0. The summed E-state index contributed by atoms with van der Waals surface area (Å²) in [6, 6.07) is -0.879. The number of rotatable bonds is 50. The molecule has 0 aromatic rings. The van der Waals surface area contributed by atoms with Gasteiger partial charge >= 0.3 is 7.82 Å².